The Labute approximate surface area is 203 Å². The summed E-state index contributed by atoms with van der Waals surface area (Å²) in [6.45, 7) is 1.94. The zero-order valence-corrected chi connectivity index (χ0v) is 20.2. The molecule has 0 bridgehead atoms. The lowest BCUT2D eigenvalue weighted by molar-refractivity contribution is 0.0970. The first-order valence-corrected chi connectivity index (χ1v) is 12.1. The van der Waals surface area contributed by atoms with Crippen LogP contribution in [0.3, 0.4) is 0 Å². The van der Waals surface area contributed by atoms with Gasteiger partial charge in [0.15, 0.2) is 5.78 Å². The summed E-state index contributed by atoms with van der Waals surface area (Å²) in [5.74, 6) is -0.130. The van der Waals surface area contributed by atoms with Crippen LogP contribution in [0.4, 0.5) is 0 Å². The van der Waals surface area contributed by atoms with E-state index in [2.05, 4.69) is 20.9 Å². The average molecular weight is 515 g/mol. The zero-order chi connectivity index (χ0) is 22.9. The van der Waals surface area contributed by atoms with Crippen LogP contribution in [0, 0.1) is 6.92 Å². The Morgan fingerprint density at radius 1 is 0.909 bits per heavy atom. The number of halogens is 1. The summed E-state index contributed by atoms with van der Waals surface area (Å²) >= 11 is 4.95. The quantitative estimate of drug-likeness (QED) is 0.244. The molecular weight excluding hydrogens is 496 g/mol. The SMILES string of the molecule is Cc1sc2ncn(CC(=O)c3ccc(-c4ccccc4)cc3)c(=O)c2c1-c1ccc(Br)cc1. The number of benzene rings is 3. The van der Waals surface area contributed by atoms with Crippen molar-refractivity contribution < 1.29 is 4.79 Å². The summed E-state index contributed by atoms with van der Waals surface area (Å²) in [4.78, 5) is 32.5. The molecule has 6 heteroatoms. The summed E-state index contributed by atoms with van der Waals surface area (Å²) in [6, 6.07) is 25.4. The summed E-state index contributed by atoms with van der Waals surface area (Å²) in [5.41, 5.74) is 4.35. The number of nitrogens with zero attached hydrogens (tertiary/aromatic N) is 2. The molecule has 0 amide bonds. The third-order valence-corrected chi connectivity index (χ3v) is 7.16. The highest BCUT2D eigenvalue weighted by atomic mass is 79.9. The number of fused-ring (bicyclic) bond motifs is 1. The number of ketones is 1. The first-order valence-electron chi connectivity index (χ1n) is 10.4. The Morgan fingerprint density at radius 3 is 2.24 bits per heavy atom. The van der Waals surface area contributed by atoms with Crippen molar-refractivity contribution in [1.82, 2.24) is 9.55 Å². The number of aryl methyl sites for hydroxylation is 1. The van der Waals surface area contributed by atoms with Gasteiger partial charge in [0.2, 0.25) is 0 Å². The van der Waals surface area contributed by atoms with Crippen LogP contribution in [0.1, 0.15) is 15.2 Å². The van der Waals surface area contributed by atoms with Crippen LogP contribution < -0.4 is 5.56 Å². The molecule has 0 spiro atoms. The minimum Gasteiger partial charge on any atom is -0.292 e. The van der Waals surface area contributed by atoms with Crippen molar-refractivity contribution in [1.29, 1.82) is 0 Å². The van der Waals surface area contributed by atoms with E-state index in [1.165, 1.54) is 22.2 Å². The smallest absolute Gasteiger partial charge is 0.263 e. The zero-order valence-electron chi connectivity index (χ0n) is 17.8. The molecule has 5 aromatic rings. The summed E-state index contributed by atoms with van der Waals surface area (Å²) in [7, 11) is 0. The van der Waals surface area contributed by atoms with Crippen molar-refractivity contribution in [2.45, 2.75) is 13.5 Å². The van der Waals surface area contributed by atoms with Crippen LogP contribution in [-0.4, -0.2) is 15.3 Å². The van der Waals surface area contributed by atoms with E-state index in [0.717, 1.165) is 31.6 Å². The van der Waals surface area contributed by atoms with Gasteiger partial charge >= 0.3 is 0 Å². The van der Waals surface area contributed by atoms with Crippen molar-refractivity contribution in [2.75, 3.05) is 0 Å². The van der Waals surface area contributed by atoms with Gasteiger partial charge in [0.1, 0.15) is 4.83 Å². The van der Waals surface area contributed by atoms with Crippen LogP contribution in [-0.2, 0) is 6.54 Å². The molecule has 0 fully saturated rings. The van der Waals surface area contributed by atoms with E-state index in [1.807, 2.05) is 85.8 Å². The maximum atomic E-state index is 13.4. The van der Waals surface area contributed by atoms with Crippen molar-refractivity contribution in [3.63, 3.8) is 0 Å². The number of rotatable bonds is 5. The maximum absolute atomic E-state index is 13.4. The van der Waals surface area contributed by atoms with Gasteiger partial charge in [-0.25, -0.2) is 4.98 Å². The fourth-order valence-electron chi connectivity index (χ4n) is 3.94. The molecule has 2 heterocycles. The number of carbonyl (C=O) groups excluding carboxylic acids is 1. The minimum absolute atomic E-state index is 0.0544. The second-order valence-electron chi connectivity index (χ2n) is 7.76. The van der Waals surface area contributed by atoms with Gasteiger partial charge in [-0.15, -0.1) is 11.3 Å². The Bertz CT molecular complexity index is 1520. The van der Waals surface area contributed by atoms with Gasteiger partial charge in [-0.05, 0) is 35.7 Å². The Kier molecular flexibility index (Phi) is 5.79. The first kappa shape index (κ1) is 21.5. The molecule has 0 radical (unpaired) electrons. The number of thiophene rings is 1. The molecule has 0 unspecified atom stereocenters. The van der Waals surface area contributed by atoms with Gasteiger partial charge in [0.25, 0.3) is 5.56 Å². The molecule has 0 N–H and O–H groups in total. The normalized spacial score (nSPS) is 11.1. The van der Waals surface area contributed by atoms with Crippen LogP contribution in [0.2, 0.25) is 0 Å². The lowest BCUT2D eigenvalue weighted by Gasteiger charge is -2.07. The maximum Gasteiger partial charge on any atom is 0.263 e. The summed E-state index contributed by atoms with van der Waals surface area (Å²) < 4.78 is 2.38. The fourth-order valence-corrected chi connectivity index (χ4v) is 5.21. The fraction of sp³-hybridized carbons (Fsp3) is 0.0741. The van der Waals surface area contributed by atoms with E-state index < -0.39 is 0 Å². The topological polar surface area (TPSA) is 52.0 Å². The monoisotopic (exact) mass is 514 g/mol. The van der Waals surface area contributed by atoms with Crippen molar-refractivity contribution in [3.05, 3.63) is 110 Å². The molecule has 2 aromatic heterocycles. The van der Waals surface area contributed by atoms with Gasteiger partial charge in [0, 0.05) is 20.5 Å². The average Bonchev–Trinajstić information content (AvgIpc) is 3.18. The number of aromatic nitrogens is 2. The van der Waals surface area contributed by atoms with E-state index in [-0.39, 0.29) is 17.9 Å². The molecular formula is C27H19BrN2O2S. The van der Waals surface area contributed by atoms with Gasteiger partial charge in [-0.3, -0.25) is 14.2 Å². The predicted octanol–water partition coefficient (Wildman–Crippen LogP) is 6.75. The Morgan fingerprint density at radius 2 is 1.55 bits per heavy atom. The van der Waals surface area contributed by atoms with Gasteiger partial charge < -0.3 is 0 Å². The van der Waals surface area contributed by atoms with Crippen LogP contribution in [0.5, 0.6) is 0 Å². The highest BCUT2D eigenvalue weighted by Gasteiger charge is 2.18. The largest absolute Gasteiger partial charge is 0.292 e. The third-order valence-electron chi connectivity index (χ3n) is 5.62. The standard InChI is InChI=1S/C27H19BrN2O2S/c1-17-24(21-11-13-22(28)14-12-21)25-26(33-17)29-16-30(27(25)32)15-23(31)20-9-7-19(8-10-20)18-5-3-2-4-6-18/h2-14,16H,15H2,1H3. The third kappa shape index (κ3) is 4.19. The molecule has 0 saturated heterocycles. The van der Waals surface area contributed by atoms with Gasteiger partial charge in [-0.2, -0.15) is 0 Å². The number of carbonyl (C=O) groups is 1. The first-order chi connectivity index (χ1) is 16.0. The summed E-state index contributed by atoms with van der Waals surface area (Å²) in [6.07, 6.45) is 1.47. The van der Waals surface area contributed by atoms with E-state index in [0.29, 0.717) is 15.8 Å². The lowest BCUT2D eigenvalue weighted by atomic mass is 10.0. The molecule has 0 aliphatic heterocycles. The van der Waals surface area contributed by atoms with Crippen molar-refractivity contribution in [2.24, 2.45) is 0 Å². The Balaban J connectivity index is 1.47. The summed E-state index contributed by atoms with van der Waals surface area (Å²) in [5, 5.41) is 0.564. The molecule has 0 aliphatic rings. The Hall–Kier alpha value is -3.35. The molecule has 5 rings (SSSR count). The van der Waals surface area contributed by atoms with E-state index in [4.69, 9.17) is 0 Å². The highest BCUT2D eigenvalue weighted by molar-refractivity contribution is 9.10. The molecule has 162 valence electrons. The molecule has 4 nitrogen and oxygen atoms in total. The number of hydrogen-bond donors (Lipinski definition) is 0. The number of hydrogen-bond acceptors (Lipinski definition) is 4. The molecule has 3 aromatic carbocycles. The molecule has 0 atom stereocenters. The molecule has 0 aliphatic carbocycles. The highest BCUT2D eigenvalue weighted by Crippen LogP contribution is 2.35. The van der Waals surface area contributed by atoms with Crippen molar-refractivity contribution >= 4 is 43.3 Å². The van der Waals surface area contributed by atoms with Crippen LogP contribution in [0.25, 0.3) is 32.5 Å². The van der Waals surface area contributed by atoms with Crippen LogP contribution in [0.15, 0.2) is 94.5 Å². The number of Topliss-reactive ketones (excluding diaryl/α,β-unsaturated/α-hetero) is 1. The second kappa shape index (κ2) is 8.89. The second-order valence-corrected chi connectivity index (χ2v) is 9.88. The molecule has 0 saturated carbocycles. The van der Waals surface area contributed by atoms with Gasteiger partial charge in [0.05, 0.1) is 18.3 Å². The lowest BCUT2D eigenvalue weighted by Crippen LogP contribution is -2.24. The van der Waals surface area contributed by atoms with E-state index in [9.17, 15) is 9.59 Å². The minimum atomic E-state index is -0.198. The van der Waals surface area contributed by atoms with Crippen molar-refractivity contribution in [3.8, 4) is 22.3 Å². The van der Waals surface area contributed by atoms with Crippen LogP contribution >= 0.6 is 27.3 Å². The van der Waals surface area contributed by atoms with E-state index in [1.54, 1.807) is 0 Å². The molecule has 33 heavy (non-hydrogen) atoms. The van der Waals surface area contributed by atoms with E-state index >= 15 is 0 Å². The van der Waals surface area contributed by atoms with Gasteiger partial charge in [-0.1, -0.05) is 82.7 Å². The predicted molar refractivity (Wildman–Crippen MR) is 138 cm³/mol.